The molecule has 1 saturated carbocycles. The van der Waals surface area contributed by atoms with Gasteiger partial charge in [0.15, 0.2) is 0 Å². The Balaban J connectivity index is 1.97. The van der Waals surface area contributed by atoms with Gasteiger partial charge in [-0.15, -0.1) is 0 Å². The van der Waals surface area contributed by atoms with Crippen LogP contribution in [0.15, 0.2) is 18.2 Å². The summed E-state index contributed by atoms with van der Waals surface area (Å²) in [7, 11) is 5.44. The third-order valence-electron chi connectivity index (χ3n) is 5.07. The Labute approximate surface area is 162 Å². The summed E-state index contributed by atoms with van der Waals surface area (Å²) in [6, 6.07) is 5.48. The molecule has 0 unspecified atom stereocenters. The highest BCUT2D eigenvalue weighted by atomic mass is 16.5. The van der Waals surface area contributed by atoms with E-state index in [4.69, 9.17) is 4.74 Å². The minimum Gasteiger partial charge on any atom is -0.385 e. The number of amides is 2. The average molecular weight is 376 g/mol. The SMILES string of the molecule is COCCCNC(=O)c1cc(NC(=O)CCC2CCCC2)ccc1N(C)C. The van der Waals surface area contributed by atoms with Gasteiger partial charge in [0, 0.05) is 52.2 Å². The fraction of sp³-hybridized carbons (Fsp3) is 0.619. The molecule has 1 aliphatic rings. The van der Waals surface area contributed by atoms with Crippen LogP contribution in [0.1, 0.15) is 55.3 Å². The predicted molar refractivity (Wildman–Crippen MR) is 109 cm³/mol. The summed E-state index contributed by atoms with van der Waals surface area (Å²) in [4.78, 5) is 26.8. The molecule has 0 bridgehead atoms. The smallest absolute Gasteiger partial charge is 0.253 e. The van der Waals surface area contributed by atoms with Crippen molar-refractivity contribution in [1.29, 1.82) is 0 Å². The Kier molecular flexibility index (Phi) is 8.58. The molecule has 1 aromatic rings. The first-order valence-corrected chi connectivity index (χ1v) is 9.89. The maximum Gasteiger partial charge on any atom is 0.253 e. The average Bonchev–Trinajstić information content (AvgIpc) is 3.17. The van der Waals surface area contributed by atoms with Crippen LogP contribution in [0.4, 0.5) is 11.4 Å². The third-order valence-corrected chi connectivity index (χ3v) is 5.07. The molecule has 0 atom stereocenters. The van der Waals surface area contributed by atoms with Crippen LogP contribution in [0.3, 0.4) is 0 Å². The first kappa shape index (κ1) is 21.2. The topological polar surface area (TPSA) is 70.7 Å². The van der Waals surface area contributed by atoms with Crippen LogP contribution in [-0.2, 0) is 9.53 Å². The van der Waals surface area contributed by atoms with Crippen LogP contribution in [0.25, 0.3) is 0 Å². The lowest BCUT2D eigenvalue weighted by Crippen LogP contribution is -2.27. The van der Waals surface area contributed by atoms with Gasteiger partial charge in [0.2, 0.25) is 5.91 Å². The number of hydrogen-bond acceptors (Lipinski definition) is 4. The van der Waals surface area contributed by atoms with E-state index in [1.807, 2.05) is 31.1 Å². The van der Waals surface area contributed by atoms with Crippen molar-refractivity contribution in [3.8, 4) is 0 Å². The largest absolute Gasteiger partial charge is 0.385 e. The second kappa shape index (κ2) is 10.9. The molecule has 2 amide bonds. The maximum absolute atomic E-state index is 12.6. The lowest BCUT2D eigenvalue weighted by atomic mass is 10.0. The standard InChI is InChI=1S/C21H33N3O3/c1-24(2)19-11-10-17(15-18(19)21(26)22-13-6-14-27-3)23-20(25)12-9-16-7-4-5-8-16/h10-11,15-16H,4-9,12-14H2,1-3H3,(H,22,26)(H,23,25). The van der Waals surface area contributed by atoms with E-state index in [0.717, 1.165) is 18.5 Å². The van der Waals surface area contributed by atoms with Crippen LogP contribution in [-0.4, -0.2) is 46.2 Å². The Hall–Kier alpha value is -2.08. The number of carbonyl (C=O) groups excluding carboxylic acids is 2. The van der Waals surface area contributed by atoms with Crippen molar-refractivity contribution in [3.63, 3.8) is 0 Å². The number of hydrogen-bond donors (Lipinski definition) is 2. The van der Waals surface area contributed by atoms with E-state index in [1.54, 1.807) is 13.2 Å². The Bertz CT molecular complexity index is 625. The summed E-state index contributed by atoms with van der Waals surface area (Å²) in [6.07, 6.45) is 7.34. The minimum atomic E-state index is -0.142. The quantitative estimate of drug-likeness (QED) is 0.615. The molecule has 0 aromatic heterocycles. The molecular formula is C21H33N3O3. The van der Waals surface area contributed by atoms with E-state index >= 15 is 0 Å². The van der Waals surface area contributed by atoms with Crippen molar-refractivity contribution in [1.82, 2.24) is 5.32 Å². The van der Waals surface area contributed by atoms with Crippen molar-refractivity contribution in [2.24, 2.45) is 5.92 Å². The first-order chi connectivity index (χ1) is 13.0. The number of rotatable bonds is 10. The molecule has 0 aliphatic heterocycles. The van der Waals surface area contributed by atoms with Gasteiger partial charge in [-0.1, -0.05) is 25.7 Å². The summed E-state index contributed by atoms with van der Waals surface area (Å²) >= 11 is 0. The van der Waals surface area contributed by atoms with E-state index in [2.05, 4.69) is 10.6 Å². The molecule has 0 saturated heterocycles. The van der Waals surface area contributed by atoms with Crippen molar-refractivity contribution >= 4 is 23.2 Å². The highest BCUT2D eigenvalue weighted by Crippen LogP contribution is 2.29. The molecule has 0 spiro atoms. The summed E-state index contributed by atoms with van der Waals surface area (Å²) < 4.78 is 5.01. The fourth-order valence-electron chi connectivity index (χ4n) is 3.56. The Morgan fingerprint density at radius 3 is 2.63 bits per heavy atom. The number of benzene rings is 1. The maximum atomic E-state index is 12.6. The Morgan fingerprint density at radius 2 is 1.96 bits per heavy atom. The number of nitrogens with zero attached hydrogens (tertiary/aromatic N) is 1. The van der Waals surface area contributed by atoms with Gasteiger partial charge in [-0.3, -0.25) is 9.59 Å². The summed E-state index contributed by atoms with van der Waals surface area (Å²) in [5, 5.41) is 5.86. The van der Waals surface area contributed by atoms with Crippen LogP contribution in [0.5, 0.6) is 0 Å². The highest BCUT2D eigenvalue weighted by Gasteiger charge is 2.17. The third kappa shape index (κ3) is 6.86. The highest BCUT2D eigenvalue weighted by molar-refractivity contribution is 6.02. The summed E-state index contributed by atoms with van der Waals surface area (Å²) in [5.74, 6) is 0.572. The number of carbonyl (C=O) groups is 2. The van der Waals surface area contributed by atoms with E-state index in [9.17, 15) is 9.59 Å². The predicted octanol–water partition coefficient (Wildman–Crippen LogP) is 3.43. The molecule has 6 nitrogen and oxygen atoms in total. The number of ether oxygens (including phenoxy) is 1. The zero-order chi connectivity index (χ0) is 19.6. The minimum absolute atomic E-state index is 0.0194. The van der Waals surface area contributed by atoms with Gasteiger partial charge in [-0.05, 0) is 37.0 Å². The fourth-order valence-corrected chi connectivity index (χ4v) is 3.56. The summed E-state index contributed by atoms with van der Waals surface area (Å²) in [5.41, 5.74) is 2.05. The number of methoxy groups -OCH3 is 1. The van der Waals surface area contributed by atoms with Gasteiger partial charge in [0.1, 0.15) is 0 Å². The molecule has 27 heavy (non-hydrogen) atoms. The molecule has 0 radical (unpaired) electrons. The zero-order valence-corrected chi connectivity index (χ0v) is 16.8. The number of anilines is 2. The lowest BCUT2D eigenvalue weighted by molar-refractivity contribution is -0.116. The van der Waals surface area contributed by atoms with E-state index < -0.39 is 0 Å². The lowest BCUT2D eigenvalue weighted by Gasteiger charge is -2.18. The zero-order valence-electron chi connectivity index (χ0n) is 16.8. The molecule has 1 aliphatic carbocycles. The molecular weight excluding hydrogens is 342 g/mol. The van der Waals surface area contributed by atoms with Gasteiger partial charge < -0.3 is 20.3 Å². The van der Waals surface area contributed by atoms with E-state index in [1.165, 1.54) is 25.7 Å². The Morgan fingerprint density at radius 1 is 1.22 bits per heavy atom. The van der Waals surface area contributed by atoms with Crippen LogP contribution in [0, 0.1) is 5.92 Å². The van der Waals surface area contributed by atoms with Crippen LogP contribution >= 0.6 is 0 Å². The molecule has 1 aromatic carbocycles. The van der Waals surface area contributed by atoms with Crippen LogP contribution in [0.2, 0.25) is 0 Å². The van der Waals surface area contributed by atoms with E-state index in [0.29, 0.717) is 36.7 Å². The van der Waals surface area contributed by atoms with Gasteiger partial charge in [-0.2, -0.15) is 0 Å². The van der Waals surface area contributed by atoms with Crippen molar-refractivity contribution in [2.75, 3.05) is 44.6 Å². The van der Waals surface area contributed by atoms with Gasteiger partial charge in [0.25, 0.3) is 5.91 Å². The van der Waals surface area contributed by atoms with Gasteiger partial charge in [0.05, 0.1) is 5.56 Å². The molecule has 2 N–H and O–H groups in total. The second-order valence-electron chi connectivity index (χ2n) is 7.47. The van der Waals surface area contributed by atoms with Crippen molar-refractivity contribution in [2.45, 2.75) is 44.9 Å². The molecule has 2 rings (SSSR count). The van der Waals surface area contributed by atoms with Gasteiger partial charge in [-0.25, -0.2) is 0 Å². The second-order valence-corrected chi connectivity index (χ2v) is 7.47. The monoisotopic (exact) mass is 375 g/mol. The molecule has 0 heterocycles. The number of nitrogens with one attached hydrogen (secondary N) is 2. The first-order valence-electron chi connectivity index (χ1n) is 9.89. The molecule has 6 heteroatoms. The van der Waals surface area contributed by atoms with Crippen molar-refractivity contribution < 1.29 is 14.3 Å². The van der Waals surface area contributed by atoms with Gasteiger partial charge >= 0.3 is 0 Å². The van der Waals surface area contributed by atoms with Crippen LogP contribution < -0.4 is 15.5 Å². The molecule has 1 fully saturated rings. The summed E-state index contributed by atoms with van der Waals surface area (Å²) in [6.45, 7) is 1.16. The normalized spacial score (nSPS) is 14.2. The molecule has 150 valence electrons. The van der Waals surface area contributed by atoms with Crippen molar-refractivity contribution in [3.05, 3.63) is 23.8 Å². The van der Waals surface area contributed by atoms with E-state index in [-0.39, 0.29) is 11.8 Å².